The first-order chi connectivity index (χ1) is 15.0. The van der Waals surface area contributed by atoms with E-state index in [-0.39, 0.29) is 18.1 Å². The summed E-state index contributed by atoms with van der Waals surface area (Å²) in [6, 6.07) is 13.1. The molecule has 0 bridgehead atoms. The van der Waals surface area contributed by atoms with Gasteiger partial charge in [0.15, 0.2) is 0 Å². The van der Waals surface area contributed by atoms with E-state index >= 15 is 0 Å². The average Bonchev–Trinajstić information content (AvgIpc) is 3.49. The first-order valence-corrected chi connectivity index (χ1v) is 10.7. The molecular formula is C25H27NO5. The molecule has 6 nitrogen and oxygen atoms in total. The minimum absolute atomic E-state index is 0.116. The lowest BCUT2D eigenvalue weighted by atomic mass is 10.1. The normalized spacial score (nSPS) is 18.2. The van der Waals surface area contributed by atoms with Crippen LogP contribution in [0.4, 0.5) is 0 Å². The number of amides is 1. The number of carbonyl (C=O) groups excluding carboxylic acids is 2. The lowest BCUT2D eigenvalue weighted by Crippen LogP contribution is -2.33. The highest BCUT2D eigenvalue weighted by atomic mass is 16.5. The fourth-order valence-electron chi connectivity index (χ4n) is 3.58. The van der Waals surface area contributed by atoms with E-state index in [2.05, 4.69) is 5.32 Å². The molecule has 6 heteroatoms. The molecule has 1 aliphatic carbocycles. The van der Waals surface area contributed by atoms with Gasteiger partial charge in [0.05, 0.1) is 6.61 Å². The second-order valence-electron chi connectivity index (χ2n) is 7.91. The van der Waals surface area contributed by atoms with Crippen LogP contribution in [0, 0.1) is 0 Å². The van der Waals surface area contributed by atoms with Gasteiger partial charge in [-0.15, -0.1) is 0 Å². The maximum absolute atomic E-state index is 12.7. The SMILES string of the molecule is CCOc1cc2c(cc1/C=C/C(=O)O[C@H](C(=O)NC1CC1)c1ccccc1)O[C@@H](C)C2. The zero-order chi connectivity index (χ0) is 21.8. The second kappa shape index (κ2) is 9.25. The van der Waals surface area contributed by atoms with Crippen LogP contribution in [0.1, 0.15) is 49.5 Å². The molecule has 162 valence electrons. The molecule has 31 heavy (non-hydrogen) atoms. The smallest absolute Gasteiger partial charge is 0.331 e. The van der Waals surface area contributed by atoms with Crippen molar-refractivity contribution in [2.45, 2.75) is 51.4 Å². The van der Waals surface area contributed by atoms with Gasteiger partial charge in [0.1, 0.15) is 17.6 Å². The number of nitrogens with one attached hydrogen (secondary N) is 1. The number of carbonyl (C=O) groups is 2. The predicted octanol–water partition coefficient (Wildman–Crippen LogP) is 3.99. The second-order valence-corrected chi connectivity index (χ2v) is 7.91. The average molecular weight is 421 g/mol. The summed E-state index contributed by atoms with van der Waals surface area (Å²) in [5, 5.41) is 2.91. The Balaban J connectivity index is 1.51. The van der Waals surface area contributed by atoms with Gasteiger partial charge in [-0.2, -0.15) is 0 Å². The Labute approximate surface area is 182 Å². The van der Waals surface area contributed by atoms with E-state index in [4.69, 9.17) is 14.2 Å². The molecule has 2 aliphatic rings. The van der Waals surface area contributed by atoms with Crippen LogP contribution in [-0.4, -0.2) is 30.6 Å². The Hall–Kier alpha value is -3.28. The van der Waals surface area contributed by atoms with Gasteiger partial charge in [0.25, 0.3) is 5.91 Å². The molecule has 1 saturated carbocycles. The van der Waals surface area contributed by atoms with Crippen molar-refractivity contribution in [3.05, 3.63) is 65.2 Å². The molecule has 0 spiro atoms. The van der Waals surface area contributed by atoms with Gasteiger partial charge in [-0.05, 0) is 44.9 Å². The maximum atomic E-state index is 12.7. The van der Waals surface area contributed by atoms with Gasteiger partial charge < -0.3 is 19.5 Å². The summed E-state index contributed by atoms with van der Waals surface area (Å²) in [6.45, 7) is 4.44. The van der Waals surface area contributed by atoms with Crippen molar-refractivity contribution in [1.29, 1.82) is 0 Å². The van der Waals surface area contributed by atoms with Gasteiger partial charge in [-0.3, -0.25) is 4.79 Å². The van der Waals surface area contributed by atoms with Crippen LogP contribution < -0.4 is 14.8 Å². The quantitative estimate of drug-likeness (QED) is 0.515. The van der Waals surface area contributed by atoms with Crippen LogP contribution in [0.25, 0.3) is 6.08 Å². The molecule has 0 aromatic heterocycles. The van der Waals surface area contributed by atoms with Crippen molar-refractivity contribution in [1.82, 2.24) is 5.32 Å². The number of benzene rings is 2. The molecule has 1 amide bonds. The van der Waals surface area contributed by atoms with Crippen molar-refractivity contribution < 1.29 is 23.8 Å². The molecule has 0 unspecified atom stereocenters. The lowest BCUT2D eigenvalue weighted by molar-refractivity contribution is -0.151. The number of esters is 1. The Morgan fingerprint density at radius 2 is 2.00 bits per heavy atom. The number of rotatable bonds is 8. The molecule has 1 aliphatic heterocycles. The Morgan fingerprint density at radius 1 is 1.23 bits per heavy atom. The summed E-state index contributed by atoms with van der Waals surface area (Å²) in [4.78, 5) is 25.3. The van der Waals surface area contributed by atoms with E-state index in [9.17, 15) is 9.59 Å². The van der Waals surface area contributed by atoms with Gasteiger partial charge in [-0.25, -0.2) is 4.79 Å². The van der Waals surface area contributed by atoms with Gasteiger partial charge in [0, 0.05) is 35.2 Å². The Kier molecular flexibility index (Phi) is 6.26. The fraction of sp³-hybridized carbons (Fsp3) is 0.360. The molecular weight excluding hydrogens is 394 g/mol. The van der Waals surface area contributed by atoms with Crippen molar-refractivity contribution in [3.63, 3.8) is 0 Å². The van der Waals surface area contributed by atoms with Gasteiger partial charge in [0.2, 0.25) is 6.10 Å². The summed E-state index contributed by atoms with van der Waals surface area (Å²) in [5.41, 5.74) is 2.46. The van der Waals surface area contributed by atoms with E-state index < -0.39 is 12.1 Å². The third kappa shape index (κ3) is 5.26. The molecule has 2 aromatic rings. The standard InChI is InChI=1S/C25H27NO5/c1-3-29-21-15-19-13-16(2)30-22(19)14-18(21)9-12-23(27)31-24(17-7-5-4-6-8-17)25(28)26-20-10-11-20/h4-9,12,14-16,20,24H,3,10-11,13H2,1-2H3,(H,26,28)/b12-9+/t16-,24-/m0/s1. The molecule has 2 aromatic carbocycles. The van der Waals surface area contributed by atoms with Crippen molar-refractivity contribution in [2.75, 3.05) is 6.61 Å². The summed E-state index contributed by atoms with van der Waals surface area (Å²) in [5.74, 6) is 0.589. The first-order valence-electron chi connectivity index (χ1n) is 10.7. The largest absolute Gasteiger partial charge is 0.493 e. The maximum Gasteiger partial charge on any atom is 0.331 e. The topological polar surface area (TPSA) is 73.9 Å². The monoisotopic (exact) mass is 421 g/mol. The third-order valence-electron chi connectivity index (χ3n) is 5.23. The highest BCUT2D eigenvalue weighted by molar-refractivity contribution is 5.91. The van der Waals surface area contributed by atoms with Crippen LogP contribution in [0.15, 0.2) is 48.5 Å². The molecule has 1 heterocycles. The van der Waals surface area contributed by atoms with Crippen LogP contribution in [0.2, 0.25) is 0 Å². The minimum Gasteiger partial charge on any atom is -0.493 e. The van der Waals surface area contributed by atoms with Crippen molar-refractivity contribution in [2.24, 2.45) is 0 Å². The third-order valence-corrected chi connectivity index (χ3v) is 5.23. The predicted molar refractivity (Wildman–Crippen MR) is 117 cm³/mol. The zero-order valence-corrected chi connectivity index (χ0v) is 17.8. The van der Waals surface area contributed by atoms with Gasteiger partial charge in [-0.1, -0.05) is 30.3 Å². The molecule has 2 atom stereocenters. The van der Waals surface area contributed by atoms with E-state index in [1.807, 2.05) is 44.2 Å². The Bertz CT molecular complexity index is 981. The molecule has 0 radical (unpaired) electrons. The van der Waals surface area contributed by atoms with Crippen molar-refractivity contribution in [3.8, 4) is 11.5 Å². The highest BCUT2D eigenvalue weighted by Gasteiger charge is 2.30. The van der Waals surface area contributed by atoms with E-state index in [1.54, 1.807) is 18.2 Å². The summed E-state index contributed by atoms with van der Waals surface area (Å²) < 4.78 is 17.1. The van der Waals surface area contributed by atoms with Crippen LogP contribution in [0.3, 0.4) is 0 Å². The number of ether oxygens (including phenoxy) is 3. The number of hydrogen-bond donors (Lipinski definition) is 1. The molecule has 4 rings (SSSR count). The first kappa shape index (κ1) is 21.0. The van der Waals surface area contributed by atoms with Crippen molar-refractivity contribution >= 4 is 18.0 Å². The summed E-state index contributed by atoms with van der Waals surface area (Å²) >= 11 is 0. The minimum atomic E-state index is -0.991. The zero-order valence-electron chi connectivity index (χ0n) is 17.8. The van der Waals surface area contributed by atoms with Gasteiger partial charge >= 0.3 is 5.97 Å². The van der Waals surface area contributed by atoms with Crippen LogP contribution in [-0.2, 0) is 20.7 Å². The summed E-state index contributed by atoms with van der Waals surface area (Å²) in [6.07, 6.45) is 4.83. The highest BCUT2D eigenvalue weighted by Crippen LogP contribution is 2.35. The van der Waals surface area contributed by atoms with E-state index in [0.29, 0.717) is 17.9 Å². The fourth-order valence-corrected chi connectivity index (χ4v) is 3.58. The van der Waals surface area contributed by atoms with E-state index in [1.165, 1.54) is 6.08 Å². The number of fused-ring (bicyclic) bond motifs is 1. The molecule has 1 fully saturated rings. The lowest BCUT2D eigenvalue weighted by Gasteiger charge is -2.17. The molecule has 1 N–H and O–H groups in total. The molecule has 0 saturated heterocycles. The number of hydrogen-bond acceptors (Lipinski definition) is 5. The van der Waals surface area contributed by atoms with E-state index in [0.717, 1.165) is 36.1 Å². The summed E-state index contributed by atoms with van der Waals surface area (Å²) in [7, 11) is 0. The Morgan fingerprint density at radius 3 is 2.71 bits per heavy atom. The van der Waals surface area contributed by atoms with Crippen LogP contribution in [0.5, 0.6) is 11.5 Å². The van der Waals surface area contributed by atoms with Crippen LogP contribution >= 0.6 is 0 Å².